The number of nitrogens with zero attached hydrogens (tertiary/aromatic N) is 3. The summed E-state index contributed by atoms with van der Waals surface area (Å²) < 4.78 is 7.08. The number of rotatable bonds is 3. The van der Waals surface area contributed by atoms with Gasteiger partial charge in [0.1, 0.15) is 5.54 Å². The molecule has 1 atom stereocenters. The zero-order valence-corrected chi connectivity index (χ0v) is 15.7. The maximum atomic E-state index is 13.1. The summed E-state index contributed by atoms with van der Waals surface area (Å²) in [7, 11) is 0. The molecule has 0 saturated carbocycles. The van der Waals surface area contributed by atoms with Crippen molar-refractivity contribution in [1.29, 1.82) is 0 Å². The summed E-state index contributed by atoms with van der Waals surface area (Å²) in [6.45, 7) is 12.5. The number of esters is 1. The molecule has 2 rings (SSSR count). The van der Waals surface area contributed by atoms with E-state index >= 15 is 0 Å². The lowest BCUT2D eigenvalue weighted by Gasteiger charge is -2.42. The topological polar surface area (TPSA) is 64.4 Å². The average Bonchev–Trinajstić information content (AvgIpc) is 2.89. The number of carbonyl (C=O) groups is 2. The van der Waals surface area contributed by atoms with Crippen LogP contribution in [-0.4, -0.2) is 45.2 Å². The number of aryl methyl sites for hydroxylation is 1. The third-order valence-corrected chi connectivity index (χ3v) is 4.59. The van der Waals surface area contributed by atoms with Gasteiger partial charge in [0.05, 0.1) is 12.1 Å². The quantitative estimate of drug-likeness (QED) is 0.797. The van der Waals surface area contributed by atoms with Crippen LogP contribution >= 0.6 is 0 Å². The highest BCUT2D eigenvalue weighted by Gasteiger charge is 2.45. The van der Waals surface area contributed by atoms with Gasteiger partial charge in [0.25, 0.3) is 5.91 Å². The van der Waals surface area contributed by atoms with E-state index in [1.165, 1.54) is 0 Å². The highest BCUT2D eigenvalue weighted by molar-refractivity contribution is 5.97. The fraction of sp³-hybridized carbons (Fsp3) is 0.722. The Kier molecular flexibility index (Phi) is 5.06. The van der Waals surface area contributed by atoms with E-state index in [0.717, 1.165) is 18.5 Å². The largest absolute Gasteiger partial charge is 0.464 e. The number of carbonyl (C=O) groups excluding carboxylic acids is 2. The van der Waals surface area contributed by atoms with E-state index in [9.17, 15) is 9.59 Å². The van der Waals surface area contributed by atoms with E-state index in [2.05, 4.69) is 5.10 Å². The third-order valence-electron chi connectivity index (χ3n) is 4.59. The normalized spacial score (nSPS) is 21.7. The number of amides is 1. The van der Waals surface area contributed by atoms with Gasteiger partial charge in [0, 0.05) is 12.2 Å². The lowest BCUT2D eigenvalue weighted by Crippen LogP contribution is -2.58. The first kappa shape index (κ1) is 18.5. The van der Waals surface area contributed by atoms with Crippen LogP contribution in [0.4, 0.5) is 0 Å². The van der Waals surface area contributed by atoms with E-state index in [0.29, 0.717) is 25.3 Å². The molecule has 24 heavy (non-hydrogen) atoms. The first-order valence-electron chi connectivity index (χ1n) is 8.67. The van der Waals surface area contributed by atoms with E-state index in [4.69, 9.17) is 4.74 Å². The van der Waals surface area contributed by atoms with Crippen molar-refractivity contribution >= 4 is 11.9 Å². The Balaban J connectivity index is 2.34. The van der Waals surface area contributed by atoms with Crippen LogP contribution in [0.15, 0.2) is 6.07 Å². The number of piperidine rings is 1. The van der Waals surface area contributed by atoms with Crippen LogP contribution < -0.4 is 0 Å². The van der Waals surface area contributed by atoms with Gasteiger partial charge in [-0.2, -0.15) is 5.10 Å². The average molecular weight is 335 g/mol. The molecule has 1 fully saturated rings. The Morgan fingerprint density at radius 1 is 1.33 bits per heavy atom. The highest BCUT2D eigenvalue weighted by atomic mass is 16.5. The van der Waals surface area contributed by atoms with Crippen molar-refractivity contribution in [1.82, 2.24) is 14.7 Å². The molecular formula is C18H29N3O3. The fourth-order valence-electron chi connectivity index (χ4n) is 3.34. The predicted molar refractivity (Wildman–Crippen MR) is 91.9 cm³/mol. The molecule has 0 spiro atoms. The molecular weight excluding hydrogens is 306 g/mol. The Hall–Kier alpha value is -1.85. The lowest BCUT2D eigenvalue weighted by atomic mass is 9.88. The summed E-state index contributed by atoms with van der Waals surface area (Å²) in [4.78, 5) is 27.2. The van der Waals surface area contributed by atoms with E-state index < -0.39 is 5.54 Å². The molecule has 0 aliphatic carbocycles. The van der Waals surface area contributed by atoms with Gasteiger partial charge in [-0.05, 0) is 66.9 Å². The molecule has 1 aromatic heterocycles. The minimum absolute atomic E-state index is 0.198. The number of hydrogen-bond acceptors (Lipinski definition) is 4. The number of hydrogen-bond donors (Lipinski definition) is 0. The fourth-order valence-corrected chi connectivity index (χ4v) is 3.34. The maximum Gasteiger partial charge on any atom is 0.331 e. The Morgan fingerprint density at radius 3 is 2.54 bits per heavy atom. The van der Waals surface area contributed by atoms with Crippen molar-refractivity contribution in [2.45, 2.75) is 71.9 Å². The summed E-state index contributed by atoms with van der Waals surface area (Å²) in [5.74, 6) is -0.527. The Bertz CT molecular complexity index is 630. The molecule has 1 aliphatic rings. The standard InChI is InChI=1S/C18H29N3O3/c1-7-24-16(23)18(6)10-8-9-11-20(18)15(22)14-12-13(2)21(19-14)17(3,4)5/h12H,7-11H2,1-6H3. The zero-order chi connectivity index (χ0) is 18.1. The molecule has 1 aliphatic heterocycles. The monoisotopic (exact) mass is 335 g/mol. The highest BCUT2D eigenvalue weighted by Crippen LogP contribution is 2.31. The molecule has 1 aromatic rings. The van der Waals surface area contributed by atoms with Gasteiger partial charge in [0.2, 0.25) is 0 Å². The first-order chi connectivity index (χ1) is 11.1. The van der Waals surface area contributed by atoms with Crippen LogP contribution in [0.3, 0.4) is 0 Å². The minimum Gasteiger partial charge on any atom is -0.464 e. The first-order valence-corrected chi connectivity index (χ1v) is 8.67. The van der Waals surface area contributed by atoms with Crippen molar-refractivity contribution in [2.24, 2.45) is 0 Å². The van der Waals surface area contributed by atoms with E-state index in [1.807, 2.05) is 32.4 Å². The predicted octanol–water partition coefficient (Wildman–Crippen LogP) is 2.89. The van der Waals surface area contributed by atoms with Gasteiger partial charge in [-0.1, -0.05) is 0 Å². The van der Waals surface area contributed by atoms with Gasteiger partial charge in [0.15, 0.2) is 5.69 Å². The number of aromatic nitrogens is 2. The van der Waals surface area contributed by atoms with Crippen LogP contribution in [0, 0.1) is 6.92 Å². The van der Waals surface area contributed by atoms with Gasteiger partial charge >= 0.3 is 5.97 Å². The van der Waals surface area contributed by atoms with Crippen molar-refractivity contribution in [3.63, 3.8) is 0 Å². The SMILES string of the molecule is CCOC(=O)C1(C)CCCCN1C(=O)c1cc(C)n(C(C)(C)C)n1. The lowest BCUT2D eigenvalue weighted by molar-refractivity contribution is -0.157. The summed E-state index contributed by atoms with van der Waals surface area (Å²) in [6.07, 6.45) is 2.42. The van der Waals surface area contributed by atoms with Crippen molar-refractivity contribution < 1.29 is 14.3 Å². The van der Waals surface area contributed by atoms with E-state index in [1.54, 1.807) is 24.8 Å². The second-order valence-electron chi connectivity index (χ2n) is 7.66. The molecule has 0 aromatic carbocycles. The molecule has 1 unspecified atom stereocenters. The zero-order valence-electron chi connectivity index (χ0n) is 15.7. The second kappa shape index (κ2) is 6.57. The van der Waals surface area contributed by atoms with Crippen LogP contribution in [0.1, 0.15) is 70.1 Å². The van der Waals surface area contributed by atoms with Gasteiger partial charge in [-0.3, -0.25) is 9.48 Å². The minimum atomic E-state index is -0.912. The molecule has 6 nitrogen and oxygen atoms in total. The van der Waals surface area contributed by atoms with E-state index in [-0.39, 0.29) is 17.4 Å². The number of likely N-dealkylation sites (tertiary alicyclic amines) is 1. The molecule has 1 amide bonds. The second-order valence-corrected chi connectivity index (χ2v) is 7.66. The van der Waals surface area contributed by atoms with Crippen molar-refractivity contribution in [2.75, 3.05) is 13.2 Å². The van der Waals surface area contributed by atoms with Crippen molar-refractivity contribution in [3.8, 4) is 0 Å². The maximum absolute atomic E-state index is 13.1. The molecule has 0 radical (unpaired) electrons. The van der Waals surface area contributed by atoms with Gasteiger partial charge < -0.3 is 9.64 Å². The summed E-state index contributed by atoms with van der Waals surface area (Å²) >= 11 is 0. The van der Waals surface area contributed by atoms with Gasteiger partial charge in [-0.25, -0.2) is 4.79 Å². The van der Waals surface area contributed by atoms with Crippen molar-refractivity contribution in [3.05, 3.63) is 17.5 Å². The third kappa shape index (κ3) is 3.32. The van der Waals surface area contributed by atoms with Crippen LogP contribution in [0.5, 0.6) is 0 Å². The molecule has 0 bridgehead atoms. The van der Waals surface area contributed by atoms with Gasteiger partial charge in [-0.15, -0.1) is 0 Å². The summed E-state index contributed by atoms with van der Waals surface area (Å²) in [6, 6.07) is 1.80. The molecule has 134 valence electrons. The smallest absolute Gasteiger partial charge is 0.331 e. The summed E-state index contributed by atoms with van der Waals surface area (Å²) in [5, 5.41) is 4.50. The number of ether oxygens (including phenoxy) is 1. The Labute approximate surface area is 144 Å². The molecule has 0 N–H and O–H groups in total. The molecule has 6 heteroatoms. The molecule has 1 saturated heterocycles. The van der Waals surface area contributed by atoms with Crippen LogP contribution in [0.2, 0.25) is 0 Å². The molecule has 2 heterocycles. The summed E-state index contributed by atoms with van der Waals surface area (Å²) in [5.41, 5.74) is 0.209. The van der Waals surface area contributed by atoms with Crippen LogP contribution in [0.25, 0.3) is 0 Å². The van der Waals surface area contributed by atoms with Crippen LogP contribution in [-0.2, 0) is 15.1 Å². The Morgan fingerprint density at radius 2 is 2.00 bits per heavy atom.